The summed E-state index contributed by atoms with van der Waals surface area (Å²) in [6, 6.07) is 0. The average Bonchev–Trinajstić information content (AvgIpc) is 2.09. The van der Waals surface area contributed by atoms with E-state index in [1.807, 2.05) is 6.92 Å². The molecule has 0 aromatic carbocycles. The van der Waals surface area contributed by atoms with Crippen LogP contribution in [-0.4, -0.2) is 11.9 Å². The summed E-state index contributed by atoms with van der Waals surface area (Å²) >= 11 is 0. The lowest BCUT2D eigenvalue weighted by Gasteiger charge is -2.01. The Morgan fingerprint density at radius 2 is 2.36 bits per heavy atom. The number of ether oxygens (including phenoxy) is 1. The van der Waals surface area contributed by atoms with Crippen LogP contribution in [0.3, 0.4) is 0 Å². The van der Waals surface area contributed by atoms with Gasteiger partial charge < -0.3 is 4.74 Å². The van der Waals surface area contributed by atoms with Crippen molar-refractivity contribution in [3.05, 3.63) is 12.2 Å². The van der Waals surface area contributed by atoms with Crippen LogP contribution in [0.25, 0.3) is 0 Å². The van der Waals surface area contributed by atoms with Gasteiger partial charge in [0, 0.05) is 0 Å². The van der Waals surface area contributed by atoms with E-state index in [-0.39, 0.29) is 12.3 Å². The minimum atomic E-state index is -0.416. The van der Waals surface area contributed by atoms with Crippen molar-refractivity contribution in [1.29, 1.82) is 0 Å². The van der Waals surface area contributed by atoms with Crippen LogP contribution in [0.2, 0.25) is 0 Å². The summed E-state index contributed by atoms with van der Waals surface area (Å²) in [5.74, 6) is -1.10. The van der Waals surface area contributed by atoms with Gasteiger partial charge in [0.2, 0.25) is 0 Å². The minimum Gasteiger partial charge on any atom is -0.393 e. The van der Waals surface area contributed by atoms with Crippen LogP contribution in [0.5, 0.6) is 0 Å². The van der Waals surface area contributed by atoms with E-state index in [1.54, 1.807) is 0 Å². The van der Waals surface area contributed by atoms with Crippen LogP contribution < -0.4 is 0 Å². The molecule has 3 heteroatoms. The number of rotatable bonds is 2. The van der Waals surface area contributed by atoms with Gasteiger partial charge in [-0.1, -0.05) is 5.57 Å². The second kappa shape index (κ2) is 2.86. The topological polar surface area (TPSA) is 43.4 Å². The van der Waals surface area contributed by atoms with Crippen LogP contribution in [0.1, 0.15) is 19.8 Å². The normalized spacial score (nSPS) is 23.5. The first-order chi connectivity index (χ1) is 5.09. The lowest BCUT2D eigenvalue weighted by molar-refractivity contribution is -0.153. The second-order valence-electron chi connectivity index (χ2n) is 2.86. The Balaban J connectivity index is 2.53. The lowest BCUT2D eigenvalue weighted by atomic mass is 10.0. The van der Waals surface area contributed by atoms with Gasteiger partial charge >= 0.3 is 11.9 Å². The molecule has 1 saturated heterocycles. The first-order valence-corrected chi connectivity index (χ1v) is 3.48. The highest BCUT2D eigenvalue weighted by Crippen LogP contribution is 2.22. The number of hydrogen-bond acceptors (Lipinski definition) is 3. The molecule has 0 unspecified atom stereocenters. The van der Waals surface area contributed by atoms with E-state index in [4.69, 9.17) is 0 Å². The molecular formula is C8H10O3. The fourth-order valence-electron chi connectivity index (χ4n) is 1.10. The molecule has 60 valence electrons. The second-order valence-corrected chi connectivity index (χ2v) is 2.86. The maximum atomic E-state index is 10.8. The molecule has 0 N–H and O–H groups in total. The van der Waals surface area contributed by atoms with Gasteiger partial charge in [-0.2, -0.15) is 0 Å². The predicted molar refractivity (Wildman–Crippen MR) is 38.6 cm³/mol. The van der Waals surface area contributed by atoms with Crippen LogP contribution in [0.4, 0.5) is 0 Å². The molecule has 0 amide bonds. The van der Waals surface area contributed by atoms with E-state index >= 15 is 0 Å². The third-order valence-corrected chi connectivity index (χ3v) is 1.56. The van der Waals surface area contributed by atoms with Gasteiger partial charge in [0.25, 0.3) is 0 Å². The monoisotopic (exact) mass is 154 g/mol. The lowest BCUT2D eigenvalue weighted by Crippen LogP contribution is -2.07. The highest BCUT2D eigenvalue weighted by Gasteiger charge is 2.32. The van der Waals surface area contributed by atoms with Gasteiger partial charge in [-0.15, -0.1) is 6.58 Å². The summed E-state index contributed by atoms with van der Waals surface area (Å²) in [7, 11) is 0. The maximum absolute atomic E-state index is 10.8. The zero-order chi connectivity index (χ0) is 8.43. The highest BCUT2D eigenvalue weighted by molar-refractivity contribution is 5.94. The van der Waals surface area contributed by atoms with E-state index in [1.165, 1.54) is 0 Å². The summed E-state index contributed by atoms with van der Waals surface area (Å²) in [5, 5.41) is 0. The molecule has 0 aliphatic carbocycles. The van der Waals surface area contributed by atoms with Gasteiger partial charge in [0.1, 0.15) is 0 Å². The van der Waals surface area contributed by atoms with E-state index in [0.717, 1.165) is 5.57 Å². The van der Waals surface area contributed by atoms with Crippen LogP contribution >= 0.6 is 0 Å². The maximum Gasteiger partial charge on any atom is 0.317 e. The Morgan fingerprint density at radius 3 is 2.73 bits per heavy atom. The number of esters is 2. The molecule has 0 saturated carbocycles. The van der Waals surface area contributed by atoms with Crippen molar-refractivity contribution in [2.24, 2.45) is 5.92 Å². The van der Waals surface area contributed by atoms with Crippen molar-refractivity contribution in [3.63, 3.8) is 0 Å². The van der Waals surface area contributed by atoms with Crippen LogP contribution in [-0.2, 0) is 14.3 Å². The van der Waals surface area contributed by atoms with Crippen molar-refractivity contribution in [3.8, 4) is 0 Å². The average molecular weight is 154 g/mol. The summed E-state index contributed by atoms with van der Waals surface area (Å²) in [4.78, 5) is 21.4. The molecule has 0 radical (unpaired) electrons. The molecule has 1 aliphatic heterocycles. The fraction of sp³-hybridized carbons (Fsp3) is 0.500. The van der Waals surface area contributed by atoms with Crippen molar-refractivity contribution >= 4 is 11.9 Å². The summed E-state index contributed by atoms with van der Waals surface area (Å²) in [6.45, 7) is 5.49. The molecule has 0 spiro atoms. The van der Waals surface area contributed by atoms with Crippen molar-refractivity contribution in [1.82, 2.24) is 0 Å². The summed E-state index contributed by atoms with van der Waals surface area (Å²) in [5.41, 5.74) is 0.904. The summed E-state index contributed by atoms with van der Waals surface area (Å²) in [6.07, 6.45) is 0.774. The molecule has 0 aromatic heterocycles. The minimum absolute atomic E-state index is 0.214. The number of carbonyl (C=O) groups is 2. The first-order valence-electron chi connectivity index (χ1n) is 3.48. The van der Waals surface area contributed by atoms with Crippen molar-refractivity contribution in [2.75, 3.05) is 0 Å². The Hall–Kier alpha value is -1.12. The SMILES string of the molecule is C=C(C)C[C@H]1CC(=O)OC1=O. The molecule has 11 heavy (non-hydrogen) atoms. The van der Waals surface area contributed by atoms with Gasteiger partial charge in [0.15, 0.2) is 0 Å². The van der Waals surface area contributed by atoms with Crippen LogP contribution in [0.15, 0.2) is 12.2 Å². The van der Waals surface area contributed by atoms with Gasteiger partial charge in [-0.3, -0.25) is 9.59 Å². The largest absolute Gasteiger partial charge is 0.393 e. The zero-order valence-corrected chi connectivity index (χ0v) is 6.42. The van der Waals surface area contributed by atoms with Crippen LogP contribution in [0, 0.1) is 5.92 Å². The molecule has 1 fully saturated rings. The molecule has 0 aromatic rings. The molecular weight excluding hydrogens is 144 g/mol. The number of carbonyl (C=O) groups excluding carboxylic acids is 2. The van der Waals surface area contributed by atoms with E-state index in [0.29, 0.717) is 6.42 Å². The van der Waals surface area contributed by atoms with E-state index in [2.05, 4.69) is 11.3 Å². The first kappa shape index (κ1) is 7.98. The molecule has 3 nitrogen and oxygen atoms in total. The third-order valence-electron chi connectivity index (χ3n) is 1.56. The number of hydrogen-bond donors (Lipinski definition) is 0. The zero-order valence-electron chi connectivity index (χ0n) is 6.42. The Morgan fingerprint density at radius 1 is 1.73 bits per heavy atom. The Labute approximate surface area is 65.0 Å². The van der Waals surface area contributed by atoms with Gasteiger partial charge in [-0.05, 0) is 13.3 Å². The van der Waals surface area contributed by atoms with Gasteiger partial charge in [0.05, 0.1) is 12.3 Å². The Bertz CT molecular complexity index is 217. The number of allylic oxidation sites excluding steroid dienone is 1. The fourth-order valence-corrected chi connectivity index (χ4v) is 1.10. The predicted octanol–water partition coefficient (Wildman–Crippen LogP) is 1.04. The molecule has 0 bridgehead atoms. The molecule has 1 aliphatic rings. The summed E-state index contributed by atoms with van der Waals surface area (Å²) < 4.78 is 4.36. The van der Waals surface area contributed by atoms with Crippen molar-refractivity contribution < 1.29 is 14.3 Å². The molecule has 1 atom stereocenters. The van der Waals surface area contributed by atoms with Gasteiger partial charge in [-0.25, -0.2) is 0 Å². The van der Waals surface area contributed by atoms with E-state index < -0.39 is 11.9 Å². The standard InChI is InChI=1S/C8H10O3/c1-5(2)3-6-4-7(9)11-8(6)10/h6H,1,3-4H2,2H3/t6-/m0/s1. The quantitative estimate of drug-likeness (QED) is 0.339. The van der Waals surface area contributed by atoms with E-state index in [9.17, 15) is 9.59 Å². The van der Waals surface area contributed by atoms with Crippen molar-refractivity contribution in [2.45, 2.75) is 19.8 Å². The molecule has 1 heterocycles. The highest BCUT2D eigenvalue weighted by atomic mass is 16.6. The third kappa shape index (κ3) is 1.90. The molecule has 1 rings (SSSR count). The smallest absolute Gasteiger partial charge is 0.317 e. The number of cyclic esters (lactones) is 2. The Kier molecular flexibility index (Phi) is 2.08.